The van der Waals surface area contributed by atoms with Gasteiger partial charge in [-0.05, 0) is 69.7 Å². The zero-order chi connectivity index (χ0) is 20.9. The molecule has 0 unspecified atom stereocenters. The summed E-state index contributed by atoms with van der Waals surface area (Å²) in [5, 5.41) is 8.13. The number of amides is 3. The number of anilines is 3. The molecule has 28 heavy (non-hydrogen) atoms. The van der Waals surface area contributed by atoms with E-state index in [4.69, 9.17) is 4.74 Å². The summed E-state index contributed by atoms with van der Waals surface area (Å²) in [5.74, 6) is -0.485. The maximum absolute atomic E-state index is 12.5. The summed E-state index contributed by atoms with van der Waals surface area (Å²) in [6.45, 7) is 8.63. The Labute approximate surface area is 164 Å². The van der Waals surface area contributed by atoms with Crippen molar-refractivity contribution < 1.29 is 19.1 Å². The molecule has 0 aliphatic rings. The number of ether oxygens (including phenoxy) is 1. The van der Waals surface area contributed by atoms with Crippen molar-refractivity contribution in [3.8, 4) is 0 Å². The number of hydrogen-bond acceptors (Lipinski definition) is 4. The van der Waals surface area contributed by atoms with Crippen LogP contribution in [0.2, 0.25) is 0 Å². The molecule has 2 aromatic carbocycles. The van der Waals surface area contributed by atoms with Gasteiger partial charge in [-0.15, -0.1) is 0 Å². The van der Waals surface area contributed by atoms with E-state index < -0.39 is 11.7 Å². The van der Waals surface area contributed by atoms with E-state index in [-0.39, 0.29) is 11.8 Å². The van der Waals surface area contributed by atoms with Gasteiger partial charge in [-0.3, -0.25) is 14.9 Å². The van der Waals surface area contributed by atoms with Gasteiger partial charge < -0.3 is 15.4 Å². The van der Waals surface area contributed by atoms with Crippen molar-refractivity contribution >= 4 is 35.0 Å². The highest BCUT2D eigenvalue weighted by Gasteiger charge is 2.16. The van der Waals surface area contributed by atoms with Crippen LogP contribution in [0.3, 0.4) is 0 Å². The van der Waals surface area contributed by atoms with Crippen LogP contribution >= 0.6 is 0 Å². The van der Waals surface area contributed by atoms with Crippen molar-refractivity contribution in [2.24, 2.45) is 0 Å². The molecule has 0 radical (unpaired) electrons. The van der Waals surface area contributed by atoms with Gasteiger partial charge >= 0.3 is 6.09 Å². The second-order valence-corrected chi connectivity index (χ2v) is 7.37. The molecule has 0 spiro atoms. The van der Waals surface area contributed by atoms with Crippen molar-refractivity contribution in [3.63, 3.8) is 0 Å². The number of hydrogen-bond donors (Lipinski definition) is 3. The van der Waals surface area contributed by atoms with E-state index in [9.17, 15) is 14.4 Å². The van der Waals surface area contributed by atoms with Crippen LogP contribution in [0.15, 0.2) is 42.5 Å². The minimum atomic E-state index is -0.590. The molecule has 0 heterocycles. The first-order valence-electron chi connectivity index (χ1n) is 8.83. The first-order chi connectivity index (χ1) is 13.0. The second-order valence-electron chi connectivity index (χ2n) is 7.37. The zero-order valence-electron chi connectivity index (χ0n) is 16.7. The first-order valence-corrected chi connectivity index (χ1v) is 8.83. The van der Waals surface area contributed by atoms with E-state index in [1.807, 2.05) is 13.0 Å². The quantitative estimate of drug-likeness (QED) is 0.721. The maximum Gasteiger partial charge on any atom is 0.412 e. The third kappa shape index (κ3) is 6.42. The summed E-state index contributed by atoms with van der Waals surface area (Å²) < 4.78 is 5.19. The summed E-state index contributed by atoms with van der Waals surface area (Å²) in [4.78, 5) is 35.5. The molecule has 2 rings (SSSR count). The Bertz CT molecular complexity index is 884. The number of carbonyl (C=O) groups is 3. The molecule has 148 valence electrons. The largest absolute Gasteiger partial charge is 0.444 e. The molecule has 2 aromatic rings. The number of rotatable bonds is 4. The van der Waals surface area contributed by atoms with E-state index in [0.29, 0.717) is 22.6 Å². The van der Waals surface area contributed by atoms with Crippen molar-refractivity contribution in [2.75, 3.05) is 16.0 Å². The van der Waals surface area contributed by atoms with Gasteiger partial charge in [0.05, 0.1) is 0 Å². The highest BCUT2D eigenvalue weighted by Crippen LogP contribution is 2.21. The Morgan fingerprint density at radius 2 is 1.46 bits per heavy atom. The van der Waals surface area contributed by atoms with Gasteiger partial charge in [0, 0.05) is 29.5 Å². The van der Waals surface area contributed by atoms with Gasteiger partial charge in [0.25, 0.3) is 5.91 Å². The van der Waals surface area contributed by atoms with Crippen LogP contribution in [0.1, 0.15) is 43.6 Å². The molecule has 3 N–H and O–H groups in total. The maximum atomic E-state index is 12.5. The summed E-state index contributed by atoms with van der Waals surface area (Å²) in [6.07, 6.45) is -0.560. The predicted octanol–water partition coefficient (Wildman–Crippen LogP) is 4.55. The zero-order valence-corrected chi connectivity index (χ0v) is 16.7. The summed E-state index contributed by atoms with van der Waals surface area (Å²) in [7, 11) is 0. The van der Waals surface area contributed by atoms with Crippen molar-refractivity contribution in [3.05, 3.63) is 53.6 Å². The van der Waals surface area contributed by atoms with Gasteiger partial charge in [-0.2, -0.15) is 0 Å². The molecule has 0 atom stereocenters. The van der Waals surface area contributed by atoms with Crippen LogP contribution < -0.4 is 16.0 Å². The number of benzene rings is 2. The summed E-state index contributed by atoms with van der Waals surface area (Å²) in [5.41, 5.74) is 2.44. The van der Waals surface area contributed by atoms with E-state index >= 15 is 0 Å². The lowest BCUT2D eigenvalue weighted by atomic mass is 10.1. The van der Waals surface area contributed by atoms with E-state index in [1.165, 1.54) is 6.92 Å². The van der Waals surface area contributed by atoms with E-state index in [0.717, 1.165) is 5.56 Å². The Kier molecular flexibility index (Phi) is 6.41. The van der Waals surface area contributed by atoms with Crippen LogP contribution in [0.4, 0.5) is 21.9 Å². The molecule has 0 fully saturated rings. The van der Waals surface area contributed by atoms with Gasteiger partial charge in [0.1, 0.15) is 5.60 Å². The SMILES string of the molecule is CC(=O)Nc1ccc(C)c(NC(=O)c2ccc(NC(=O)OC(C)(C)C)cc2)c1. The molecule has 0 aliphatic heterocycles. The second kappa shape index (κ2) is 8.56. The lowest BCUT2D eigenvalue weighted by Gasteiger charge is -2.19. The topological polar surface area (TPSA) is 96.5 Å². The van der Waals surface area contributed by atoms with Crippen molar-refractivity contribution in [1.29, 1.82) is 0 Å². The van der Waals surface area contributed by atoms with Crippen LogP contribution in [-0.2, 0) is 9.53 Å². The third-order valence-electron chi connectivity index (χ3n) is 3.60. The van der Waals surface area contributed by atoms with E-state index in [1.54, 1.807) is 57.2 Å². The predicted molar refractivity (Wildman–Crippen MR) is 110 cm³/mol. The smallest absolute Gasteiger partial charge is 0.412 e. The average molecular weight is 383 g/mol. The Balaban J connectivity index is 2.05. The van der Waals surface area contributed by atoms with Crippen LogP contribution in [0.25, 0.3) is 0 Å². The van der Waals surface area contributed by atoms with Crippen LogP contribution in [0, 0.1) is 6.92 Å². The number of aryl methyl sites for hydroxylation is 1. The monoisotopic (exact) mass is 383 g/mol. The van der Waals surface area contributed by atoms with Crippen LogP contribution in [-0.4, -0.2) is 23.5 Å². The first kappa shape index (κ1) is 21.0. The van der Waals surface area contributed by atoms with Gasteiger partial charge in [0.2, 0.25) is 5.91 Å². The molecule has 3 amide bonds. The fourth-order valence-corrected chi connectivity index (χ4v) is 2.36. The van der Waals surface area contributed by atoms with Gasteiger partial charge in [-0.1, -0.05) is 6.07 Å². The van der Waals surface area contributed by atoms with Crippen LogP contribution in [0.5, 0.6) is 0 Å². The molecule has 0 saturated carbocycles. The Morgan fingerprint density at radius 1 is 0.857 bits per heavy atom. The highest BCUT2D eigenvalue weighted by molar-refractivity contribution is 6.05. The normalized spacial score (nSPS) is 10.8. The van der Waals surface area contributed by atoms with E-state index in [2.05, 4.69) is 16.0 Å². The molecular formula is C21H25N3O4. The lowest BCUT2D eigenvalue weighted by Crippen LogP contribution is -2.27. The van der Waals surface area contributed by atoms with Crippen molar-refractivity contribution in [1.82, 2.24) is 0 Å². The fraction of sp³-hybridized carbons (Fsp3) is 0.286. The third-order valence-corrected chi connectivity index (χ3v) is 3.60. The highest BCUT2D eigenvalue weighted by atomic mass is 16.6. The Morgan fingerprint density at radius 3 is 2.04 bits per heavy atom. The van der Waals surface area contributed by atoms with Gasteiger partial charge in [-0.25, -0.2) is 4.79 Å². The molecule has 0 aliphatic carbocycles. The summed E-state index contributed by atoms with van der Waals surface area (Å²) >= 11 is 0. The minimum Gasteiger partial charge on any atom is -0.444 e. The van der Waals surface area contributed by atoms with Gasteiger partial charge in [0.15, 0.2) is 0 Å². The number of nitrogens with one attached hydrogen (secondary N) is 3. The standard InChI is InChI=1S/C21H25N3O4/c1-13-6-9-17(22-14(2)25)12-18(13)24-19(26)15-7-10-16(11-8-15)23-20(27)28-21(3,4)5/h6-12H,1-5H3,(H,22,25)(H,23,27)(H,24,26). The average Bonchev–Trinajstić information content (AvgIpc) is 2.56. The lowest BCUT2D eigenvalue weighted by molar-refractivity contribution is -0.114. The Hall–Kier alpha value is -3.35. The molecule has 0 bridgehead atoms. The summed E-state index contributed by atoms with van der Waals surface area (Å²) in [6, 6.07) is 11.7. The molecule has 0 aromatic heterocycles. The minimum absolute atomic E-state index is 0.186. The van der Waals surface area contributed by atoms with Crippen molar-refractivity contribution in [2.45, 2.75) is 40.2 Å². The molecule has 7 nitrogen and oxygen atoms in total. The molecular weight excluding hydrogens is 358 g/mol. The fourth-order valence-electron chi connectivity index (χ4n) is 2.36. The molecule has 0 saturated heterocycles. The molecule has 7 heteroatoms. The number of carbonyl (C=O) groups excluding carboxylic acids is 3.